The Morgan fingerprint density at radius 2 is 2.00 bits per heavy atom. The Hall–Kier alpha value is -1.75. The Balaban J connectivity index is 2.78. The normalized spacial score (nSPS) is 10.2. The zero-order chi connectivity index (χ0) is 15.1. The van der Waals surface area contributed by atoms with E-state index in [0.717, 1.165) is 23.4 Å². The molecule has 0 heterocycles. The summed E-state index contributed by atoms with van der Waals surface area (Å²) in [6.45, 7) is 4.95. The third kappa shape index (κ3) is 4.42. The lowest BCUT2D eigenvalue weighted by molar-refractivity contribution is 0.188. The number of aliphatic hydroxyl groups is 1. The maximum Gasteiger partial charge on any atom is 0.321 e. The summed E-state index contributed by atoms with van der Waals surface area (Å²) in [7, 11) is 3.97. The molecule has 0 bridgehead atoms. The number of nitrogens with zero attached hydrogens (tertiary/aromatic N) is 2. The number of carbonyl (C=O) groups excluding carboxylic acids is 1. The first-order valence-electron chi connectivity index (χ1n) is 6.94. The van der Waals surface area contributed by atoms with Gasteiger partial charge in [0.05, 0.1) is 6.61 Å². The molecule has 0 radical (unpaired) electrons. The maximum absolute atomic E-state index is 12.2. The quantitative estimate of drug-likeness (QED) is 0.840. The van der Waals surface area contributed by atoms with Crippen molar-refractivity contribution in [1.29, 1.82) is 0 Å². The number of anilines is 2. The first-order valence-corrected chi connectivity index (χ1v) is 6.94. The Labute approximate surface area is 121 Å². The molecule has 0 aliphatic heterocycles. The van der Waals surface area contributed by atoms with Crippen LogP contribution < -0.4 is 10.2 Å². The average molecular weight is 279 g/mol. The number of urea groups is 1. The van der Waals surface area contributed by atoms with E-state index >= 15 is 0 Å². The fourth-order valence-corrected chi connectivity index (χ4v) is 1.97. The van der Waals surface area contributed by atoms with Crippen LogP contribution in [0.4, 0.5) is 16.2 Å². The zero-order valence-electron chi connectivity index (χ0n) is 12.8. The molecule has 0 aliphatic carbocycles. The van der Waals surface area contributed by atoms with Gasteiger partial charge in [-0.3, -0.25) is 0 Å². The van der Waals surface area contributed by atoms with Gasteiger partial charge in [-0.25, -0.2) is 4.79 Å². The van der Waals surface area contributed by atoms with Gasteiger partial charge in [0.1, 0.15) is 0 Å². The molecule has 0 fully saturated rings. The fraction of sp³-hybridized carbons (Fsp3) is 0.533. The van der Waals surface area contributed by atoms with Crippen LogP contribution in [-0.4, -0.2) is 49.8 Å². The molecule has 1 aromatic rings. The summed E-state index contributed by atoms with van der Waals surface area (Å²) in [5.74, 6) is 0. The Morgan fingerprint density at radius 3 is 2.50 bits per heavy atom. The third-order valence-electron chi connectivity index (χ3n) is 3.12. The molecule has 0 aliphatic rings. The second-order valence-corrected chi connectivity index (χ2v) is 5.03. The van der Waals surface area contributed by atoms with Crippen molar-refractivity contribution in [2.45, 2.75) is 20.3 Å². The van der Waals surface area contributed by atoms with E-state index in [2.05, 4.69) is 5.32 Å². The van der Waals surface area contributed by atoms with Gasteiger partial charge in [-0.1, -0.05) is 6.92 Å². The lowest BCUT2D eigenvalue weighted by Crippen LogP contribution is -2.37. The van der Waals surface area contributed by atoms with Crippen LogP contribution in [0.15, 0.2) is 18.2 Å². The highest BCUT2D eigenvalue weighted by molar-refractivity contribution is 5.90. The van der Waals surface area contributed by atoms with Gasteiger partial charge in [0.2, 0.25) is 0 Å². The van der Waals surface area contributed by atoms with Gasteiger partial charge in [-0.05, 0) is 37.1 Å². The summed E-state index contributed by atoms with van der Waals surface area (Å²) in [5, 5.41) is 11.9. The maximum atomic E-state index is 12.2. The zero-order valence-corrected chi connectivity index (χ0v) is 12.8. The van der Waals surface area contributed by atoms with Crippen molar-refractivity contribution in [3.63, 3.8) is 0 Å². The number of rotatable bonds is 6. The van der Waals surface area contributed by atoms with Crippen molar-refractivity contribution in [2.24, 2.45) is 0 Å². The topological polar surface area (TPSA) is 55.8 Å². The van der Waals surface area contributed by atoms with Crippen LogP contribution >= 0.6 is 0 Å². The SMILES string of the molecule is CCCN(CCO)C(=O)Nc1ccc(N(C)C)cc1C. The van der Waals surface area contributed by atoms with E-state index in [0.29, 0.717) is 13.1 Å². The minimum absolute atomic E-state index is 0.0219. The highest BCUT2D eigenvalue weighted by Gasteiger charge is 2.13. The Bertz CT molecular complexity index is 441. The van der Waals surface area contributed by atoms with Crippen LogP contribution in [0.25, 0.3) is 0 Å². The molecule has 20 heavy (non-hydrogen) atoms. The van der Waals surface area contributed by atoms with Gasteiger partial charge in [0.25, 0.3) is 0 Å². The highest BCUT2D eigenvalue weighted by Crippen LogP contribution is 2.21. The van der Waals surface area contributed by atoms with Gasteiger partial charge >= 0.3 is 6.03 Å². The van der Waals surface area contributed by atoms with Crippen molar-refractivity contribution in [2.75, 3.05) is 44.0 Å². The largest absolute Gasteiger partial charge is 0.395 e. The molecule has 1 aromatic carbocycles. The number of benzene rings is 1. The molecule has 112 valence electrons. The van der Waals surface area contributed by atoms with Crippen molar-refractivity contribution < 1.29 is 9.90 Å². The number of hydrogen-bond donors (Lipinski definition) is 2. The minimum Gasteiger partial charge on any atom is -0.395 e. The van der Waals surface area contributed by atoms with Crippen LogP contribution in [-0.2, 0) is 0 Å². The van der Waals surface area contributed by atoms with Gasteiger partial charge in [-0.2, -0.15) is 0 Å². The van der Waals surface area contributed by atoms with Crippen LogP contribution in [0.2, 0.25) is 0 Å². The smallest absolute Gasteiger partial charge is 0.321 e. The van der Waals surface area contributed by atoms with E-state index in [1.807, 2.05) is 51.0 Å². The molecule has 1 rings (SSSR count). The summed E-state index contributed by atoms with van der Waals surface area (Å²) < 4.78 is 0. The van der Waals surface area contributed by atoms with E-state index in [-0.39, 0.29) is 12.6 Å². The summed E-state index contributed by atoms with van der Waals surface area (Å²) in [6.07, 6.45) is 0.867. The molecule has 0 saturated carbocycles. The first-order chi connectivity index (χ1) is 9.49. The molecule has 0 unspecified atom stereocenters. The van der Waals surface area contributed by atoms with Crippen molar-refractivity contribution in [3.8, 4) is 0 Å². The third-order valence-corrected chi connectivity index (χ3v) is 3.12. The van der Waals surface area contributed by atoms with Crippen molar-refractivity contribution in [3.05, 3.63) is 23.8 Å². The fourth-order valence-electron chi connectivity index (χ4n) is 1.97. The minimum atomic E-state index is -0.165. The molecule has 0 aromatic heterocycles. The number of amides is 2. The van der Waals surface area contributed by atoms with E-state index in [4.69, 9.17) is 5.11 Å². The van der Waals surface area contributed by atoms with E-state index in [9.17, 15) is 4.79 Å². The van der Waals surface area contributed by atoms with Crippen LogP contribution in [0.1, 0.15) is 18.9 Å². The molecular formula is C15H25N3O2. The predicted octanol–water partition coefficient (Wildman–Crippen LogP) is 2.30. The van der Waals surface area contributed by atoms with Crippen LogP contribution in [0.3, 0.4) is 0 Å². The molecular weight excluding hydrogens is 254 g/mol. The van der Waals surface area contributed by atoms with Gasteiger partial charge in [0.15, 0.2) is 0 Å². The van der Waals surface area contributed by atoms with Gasteiger partial charge in [0, 0.05) is 38.6 Å². The van der Waals surface area contributed by atoms with E-state index < -0.39 is 0 Å². The van der Waals surface area contributed by atoms with Crippen molar-refractivity contribution in [1.82, 2.24) is 4.90 Å². The van der Waals surface area contributed by atoms with Gasteiger partial charge < -0.3 is 20.2 Å². The molecule has 2 N–H and O–H groups in total. The standard InChI is InChI=1S/C15H25N3O2/c1-5-8-18(9-10-19)15(20)16-14-7-6-13(17(3)4)11-12(14)2/h6-7,11,19H,5,8-10H2,1-4H3,(H,16,20). The average Bonchev–Trinajstić information content (AvgIpc) is 2.40. The van der Waals surface area contributed by atoms with E-state index in [1.54, 1.807) is 4.90 Å². The van der Waals surface area contributed by atoms with Crippen LogP contribution in [0.5, 0.6) is 0 Å². The predicted molar refractivity (Wildman–Crippen MR) is 83.5 cm³/mol. The number of aliphatic hydroxyl groups excluding tert-OH is 1. The Kier molecular flexibility index (Phi) is 6.31. The molecule has 2 amide bonds. The molecule has 0 atom stereocenters. The lowest BCUT2D eigenvalue weighted by atomic mass is 10.1. The molecule has 0 spiro atoms. The summed E-state index contributed by atoms with van der Waals surface area (Å²) >= 11 is 0. The summed E-state index contributed by atoms with van der Waals surface area (Å²) in [4.78, 5) is 15.8. The number of hydrogen-bond acceptors (Lipinski definition) is 3. The molecule has 5 heteroatoms. The van der Waals surface area contributed by atoms with Crippen molar-refractivity contribution >= 4 is 17.4 Å². The number of aryl methyl sites for hydroxylation is 1. The lowest BCUT2D eigenvalue weighted by Gasteiger charge is -2.22. The molecule has 5 nitrogen and oxygen atoms in total. The second kappa shape index (κ2) is 7.75. The van der Waals surface area contributed by atoms with E-state index in [1.165, 1.54) is 0 Å². The number of nitrogens with one attached hydrogen (secondary N) is 1. The monoisotopic (exact) mass is 279 g/mol. The van der Waals surface area contributed by atoms with Crippen LogP contribution in [0, 0.1) is 6.92 Å². The summed E-state index contributed by atoms with van der Waals surface area (Å²) in [6, 6.07) is 5.75. The Morgan fingerprint density at radius 1 is 1.30 bits per heavy atom. The molecule has 0 saturated heterocycles. The summed E-state index contributed by atoms with van der Waals surface area (Å²) in [5.41, 5.74) is 2.92. The highest BCUT2D eigenvalue weighted by atomic mass is 16.3. The number of carbonyl (C=O) groups is 1. The second-order valence-electron chi connectivity index (χ2n) is 5.03. The van der Waals surface area contributed by atoms with Gasteiger partial charge in [-0.15, -0.1) is 0 Å². The first kappa shape index (κ1) is 16.3.